The summed E-state index contributed by atoms with van der Waals surface area (Å²) in [7, 11) is 0. The van der Waals surface area contributed by atoms with Crippen LogP contribution in [-0.4, -0.2) is 11.7 Å². The van der Waals surface area contributed by atoms with E-state index in [9.17, 15) is 13.6 Å². The van der Waals surface area contributed by atoms with Crippen molar-refractivity contribution in [3.8, 4) is 0 Å². The van der Waals surface area contributed by atoms with E-state index < -0.39 is 0 Å². The molecule has 0 aromatic heterocycles. The molecule has 0 radical (unpaired) electrons. The van der Waals surface area contributed by atoms with Crippen molar-refractivity contribution < 1.29 is 13.6 Å². The minimum absolute atomic E-state index is 0.167. The standard InChI is InChI=1S/C17H16ClF2NOS/c1-11(12-5-7-13(19)8-6-12)21-17(22)10-23-9-14-15(18)3-2-4-16(14)20/h2-8,11H,9-10H2,1H3,(H,21,22)/t11-/m1/s1. The van der Waals surface area contributed by atoms with Crippen LogP contribution in [0.15, 0.2) is 42.5 Å². The first-order valence-electron chi connectivity index (χ1n) is 7.03. The maximum absolute atomic E-state index is 13.6. The van der Waals surface area contributed by atoms with Crippen LogP contribution in [0.25, 0.3) is 0 Å². The van der Waals surface area contributed by atoms with E-state index in [2.05, 4.69) is 5.32 Å². The molecule has 2 nitrogen and oxygen atoms in total. The highest BCUT2D eigenvalue weighted by atomic mass is 35.5. The van der Waals surface area contributed by atoms with E-state index in [4.69, 9.17) is 11.6 Å². The van der Waals surface area contributed by atoms with Gasteiger partial charge in [-0.1, -0.05) is 29.8 Å². The molecule has 2 aromatic carbocycles. The summed E-state index contributed by atoms with van der Waals surface area (Å²) in [5.74, 6) is -0.339. The second-order valence-electron chi connectivity index (χ2n) is 5.03. The molecule has 0 aliphatic rings. The summed E-state index contributed by atoms with van der Waals surface area (Å²) in [5, 5.41) is 3.18. The lowest BCUT2D eigenvalue weighted by Crippen LogP contribution is -2.28. The van der Waals surface area contributed by atoms with Gasteiger partial charge in [0.2, 0.25) is 5.91 Å². The maximum Gasteiger partial charge on any atom is 0.230 e. The molecule has 1 amide bonds. The van der Waals surface area contributed by atoms with Gasteiger partial charge in [0, 0.05) is 16.3 Å². The second kappa shape index (κ2) is 8.31. The van der Waals surface area contributed by atoms with Crippen molar-refractivity contribution in [3.63, 3.8) is 0 Å². The fourth-order valence-electron chi connectivity index (χ4n) is 2.03. The van der Waals surface area contributed by atoms with Crippen LogP contribution in [0.3, 0.4) is 0 Å². The molecule has 0 unspecified atom stereocenters. The molecule has 0 fully saturated rings. The Morgan fingerprint density at radius 1 is 1.22 bits per heavy atom. The Morgan fingerprint density at radius 3 is 2.57 bits per heavy atom. The van der Waals surface area contributed by atoms with Crippen molar-refractivity contribution in [2.45, 2.75) is 18.7 Å². The first-order chi connectivity index (χ1) is 11.0. The van der Waals surface area contributed by atoms with E-state index in [0.29, 0.717) is 16.3 Å². The summed E-state index contributed by atoms with van der Waals surface area (Å²) >= 11 is 7.22. The average molecular weight is 356 g/mol. The zero-order valence-corrected chi connectivity index (χ0v) is 14.1. The van der Waals surface area contributed by atoms with Gasteiger partial charge in [-0.05, 0) is 36.8 Å². The smallest absolute Gasteiger partial charge is 0.230 e. The molecule has 0 heterocycles. The zero-order chi connectivity index (χ0) is 16.8. The van der Waals surface area contributed by atoms with Crippen LogP contribution in [0.5, 0.6) is 0 Å². The number of halogens is 3. The third-order valence-electron chi connectivity index (χ3n) is 3.29. The van der Waals surface area contributed by atoms with Gasteiger partial charge in [-0.25, -0.2) is 8.78 Å². The molecule has 6 heteroatoms. The van der Waals surface area contributed by atoms with Gasteiger partial charge in [0.1, 0.15) is 11.6 Å². The molecule has 122 valence electrons. The number of rotatable bonds is 6. The number of hydrogen-bond acceptors (Lipinski definition) is 2. The van der Waals surface area contributed by atoms with Crippen molar-refractivity contribution >= 4 is 29.3 Å². The van der Waals surface area contributed by atoms with Crippen LogP contribution in [0.2, 0.25) is 5.02 Å². The van der Waals surface area contributed by atoms with E-state index in [1.807, 2.05) is 6.92 Å². The lowest BCUT2D eigenvalue weighted by atomic mass is 10.1. The van der Waals surface area contributed by atoms with Gasteiger partial charge in [0.05, 0.1) is 11.8 Å². The number of amides is 1. The molecular weight excluding hydrogens is 340 g/mol. The predicted molar refractivity (Wildman–Crippen MR) is 90.5 cm³/mol. The maximum atomic E-state index is 13.6. The lowest BCUT2D eigenvalue weighted by Gasteiger charge is -2.14. The normalized spacial score (nSPS) is 12.0. The Morgan fingerprint density at radius 2 is 1.91 bits per heavy atom. The SMILES string of the molecule is C[C@@H](NC(=O)CSCc1c(F)cccc1Cl)c1ccc(F)cc1. The number of hydrogen-bond donors (Lipinski definition) is 1. The third-order valence-corrected chi connectivity index (χ3v) is 4.60. The minimum atomic E-state index is -0.370. The molecule has 1 atom stereocenters. The van der Waals surface area contributed by atoms with E-state index in [-0.39, 0.29) is 29.3 Å². The Balaban J connectivity index is 1.82. The van der Waals surface area contributed by atoms with Crippen LogP contribution < -0.4 is 5.32 Å². The van der Waals surface area contributed by atoms with Gasteiger partial charge >= 0.3 is 0 Å². The first-order valence-corrected chi connectivity index (χ1v) is 8.56. The van der Waals surface area contributed by atoms with E-state index in [1.165, 1.54) is 30.0 Å². The second-order valence-corrected chi connectivity index (χ2v) is 6.43. The summed E-state index contributed by atoms with van der Waals surface area (Å²) in [6, 6.07) is 10.3. The van der Waals surface area contributed by atoms with E-state index in [1.54, 1.807) is 24.3 Å². The Hall–Kier alpha value is -1.59. The molecule has 1 N–H and O–H groups in total. The van der Waals surface area contributed by atoms with Crippen molar-refractivity contribution in [2.75, 3.05) is 5.75 Å². The van der Waals surface area contributed by atoms with Crippen LogP contribution >= 0.6 is 23.4 Å². The zero-order valence-electron chi connectivity index (χ0n) is 12.5. The molecule has 23 heavy (non-hydrogen) atoms. The number of carbonyl (C=O) groups excluding carboxylic acids is 1. The highest BCUT2D eigenvalue weighted by molar-refractivity contribution is 7.99. The van der Waals surface area contributed by atoms with Crippen molar-refractivity contribution in [3.05, 3.63) is 70.2 Å². The topological polar surface area (TPSA) is 29.1 Å². The Bertz CT molecular complexity index is 659. The van der Waals surface area contributed by atoms with E-state index in [0.717, 1.165) is 5.56 Å². The van der Waals surface area contributed by atoms with Crippen molar-refractivity contribution in [2.24, 2.45) is 0 Å². The number of nitrogens with one attached hydrogen (secondary N) is 1. The van der Waals surface area contributed by atoms with Gasteiger partial charge in [-0.2, -0.15) is 0 Å². The molecule has 0 spiro atoms. The molecule has 2 rings (SSSR count). The van der Waals surface area contributed by atoms with Gasteiger partial charge < -0.3 is 5.32 Å². The van der Waals surface area contributed by atoms with Crippen molar-refractivity contribution in [1.29, 1.82) is 0 Å². The number of thioether (sulfide) groups is 1. The largest absolute Gasteiger partial charge is 0.349 e. The molecule has 0 bridgehead atoms. The molecule has 0 saturated heterocycles. The van der Waals surface area contributed by atoms with Gasteiger partial charge in [0.25, 0.3) is 0 Å². The van der Waals surface area contributed by atoms with Gasteiger partial charge in [-0.15, -0.1) is 11.8 Å². The van der Waals surface area contributed by atoms with Crippen LogP contribution in [-0.2, 0) is 10.5 Å². The molecule has 0 saturated carbocycles. The third kappa shape index (κ3) is 5.22. The van der Waals surface area contributed by atoms with E-state index >= 15 is 0 Å². The van der Waals surface area contributed by atoms with Crippen molar-refractivity contribution in [1.82, 2.24) is 5.32 Å². The number of benzene rings is 2. The summed E-state index contributed by atoms with van der Waals surface area (Å²) in [6.07, 6.45) is 0. The van der Waals surface area contributed by atoms with Crippen LogP contribution in [0.4, 0.5) is 8.78 Å². The number of carbonyl (C=O) groups is 1. The summed E-state index contributed by atoms with van der Waals surface area (Å²) < 4.78 is 26.5. The van der Waals surface area contributed by atoms with Crippen LogP contribution in [0, 0.1) is 11.6 Å². The van der Waals surface area contributed by atoms with Gasteiger partial charge in [-0.3, -0.25) is 4.79 Å². The monoisotopic (exact) mass is 355 g/mol. The first kappa shape index (κ1) is 17.8. The lowest BCUT2D eigenvalue weighted by molar-refractivity contribution is -0.119. The molecule has 2 aromatic rings. The predicted octanol–water partition coefficient (Wildman–Crippen LogP) is 4.73. The fourth-order valence-corrected chi connectivity index (χ4v) is 3.21. The summed E-state index contributed by atoms with van der Waals surface area (Å²) in [4.78, 5) is 11.9. The quantitative estimate of drug-likeness (QED) is 0.811. The minimum Gasteiger partial charge on any atom is -0.349 e. The Labute approximate surface area is 143 Å². The molecule has 0 aliphatic heterocycles. The summed E-state index contributed by atoms with van der Waals surface area (Å²) in [5.41, 5.74) is 1.22. The fraction of sp³-hybridized carbons (Fsp3) is 0.235. The highest BCUT2D eigenvalue weighted by Crippen LogP contribution is 2.24. The molecule has 0 aliphatic carbocycles. The Kier molecular flexibility index (Phi) is 6.42. The average Bonchev–Trinajstić information content (AvgIpc) is 2.51. The van der Waals surface area contributed by atoms with Crippen LogP contribution in [0.1, 0.15) is 24.1 Å². The highest BCUT2D eigenvalue weighted by Gasteiger charge is 2.11. The summed E-state index contributed by atoms with van der Waals surface area (Å²) in [6.45, 7) is 1.82. The van der Waals surface area contributed by atoms with Gasteiger partial charge in [0.15, 0.2) is 0 Å². The molecular formula is C17H16ClF2NOS.